The zero-order valence-electron chi connectivity index (χ0n) is 10.3. The Hall–Kier alpha value is -1.10. The summed E-state index contributed by atoms with van der Waals surface area (Å²) in [7, 11) is 0. The van der Waals surface area contributed by atoms with Gasteiger partial charge in [-0.2, -0.15) is 0 Å². The third-order valence-corrected chi connectivity index (χ3v) is 4.10. The lowest BCUT2D eigenvalue weighted by atomic mass is 10.2. The van der Waals surface area contributed by atoms with Gasteiger partial charge in [0.05, 0.1) is 13.2 Å². The molecule has 18 heavy (non-hydrogen) atoms. The Morgan fingerprint density at radius 1 is 1.22 bits per heavy atom. The molecule has 1 aliphatic heterocycles. The summed E-state index contributed by atoms with van der Waals surface area (Å²) in [4.78, 5) is 2.38. The van der Waals surface area contributed by atoms with E-state index in [1.54, 1.807) is 11.3 Å². The van der Waals surface area contributed by atoms with Crippen molar-refractivity contribution in [2.45, 2.75) is 0 Å². The highest BCUT2D eigenvalue weighted by atomic mass is 32.1. The number of thiophene rings is 1. The largest absolute Gasteiger partial charge is 0.492 e. The Morgan fingerprint density at radius 2 is 2.11 bits per heavy atom. The molecule has 96 valence electrons. The van der Waals surface area contributed by atoms with Crippen molar-refractivity contribution in [1.29, 1.82) is 0 Å². The standard InChI is InChI=1S/C14H17NO2S/c1-2-14-12(3-10-18-14)11-13(1)17-9-6-15-4-7-16-8-5-15/h1-3,10-11H,4-9H2. The van der Waals surface area contributed by atoms with Gasteiger partial charge in [0.25, 0.3) is 0 Å². The minimum Gasteiger partial charge on any atom is -0.492 e. The predicted molar refractivity (Wildman–Crippen MR) is 74.6 cm³/mol. The smallest absolute Gasteiger partial charge is 0.120 e. The van der Waals surface area contributed by atoms with Crippen molar-refractivity contribution in [1.82, 2.24) is 4.90 Å². The summed E-state index contributed by atoms with van der Waals surface area (Å²) in [5, 5.41) is 3.38. The number of fused-ring (bicyclic) bond motifs is 1. The molecule has 0 aliphatic carbocycles. The minimum absolute atomic E-state index is 0.746. The van der Waals surface area contributed by atoms with Crippen LogP contribution in [0.3, 0.4) is 0 Å². The summed E-state index contributed by atoms with van der Waals surface area (Å²) >= 11 is 1.76. The van der Waals surface area contributed by atoms with E-state index in [9.17, 15) is 0 Å². The van der Waals surface area contributed by atoms with Crippen molar-refractivity contribution < 1.29 is 9.47 Å². The molecular weight excluding hydrogens is 246 g/mol. The number of nitrogens with zero attached hydrogens (tertiary/aromatic N) is 1. The number of hydrogen-bond acceptors (Lipinski definition) is 4. The Labute approximate surface area is 111 Å². The molecule has 1 aliphatic rings. The van der Waals surface area contributed by atoms with Gasteiger partial charge >= 0.3 is 0 Å². The minimum atomic E-state index is 0.746. The fourth-order valence-corrected chi connectivity index (χ4v) is 2.92. The molecule has 1 fully saturated rings. The summed E-state index contributed by atoms with van der Waals surface area (Å²) in [6.07, 6.45) is 0. The van der Waals surface area contributed by atoms with Crippen LogP contribution in [0.15, 0.2) is 29.6 Å². The van der Waals surface area contributed by atoms with Crippen LogP contribution < -0.4 is 4.74 Å². The summed E-state index contributed by atoms with van der Waals surface area (Å²) in [5.74, 6) is 0.967. The Kier molecular flexibility index (Phi) is 3.78. The molecule has 0 amide bonds. The van der Waals surface area contributed by atoms with Crippen LogP contribution in [0.2, 0.25) is 0 Å². The zero-order valence-corrected chi connectivity index (χ0v) is 11.1. The molecule has 1 aromatic carbocycles. The van der Waals surface area contributed by atoms with Gasteiger partial charge in [0.1, 0.15) is 12.4 Å². The number of benzene rings is 1. The third kappa shape index (κ3) is 2.83. The normalized spacial score (nSPS) is 17.1. The second-order valence-electron chi connectivity index (χ2n) is 4.42. The highest BCUT2D eigenvalue weighted by Crippen LogP contribution is 2.25. The monoisotopic (exact) mass is 263 g/mol. The summed E-state index contributed by atoms with van der Waals surface area (Å²) in [6, 6.07) is 8.43. The van der Waals surface area contributed by atoms with Crippen molar-refractivity contribution in [2.24, 2.45) is 0 Å². The van der Waals surface area contributed by atoms with E-state index in [-0.39, 0.29) is 0 Å². The molecule has 0 atom stereocenters. The van der Waals surface area contributed by atoms with Crippen molar-refractivity contribution in [3.05, 3.63) is 29.6 Å². The van der Waals surface area contributed by atoms with Gasteiger partial charge < -0.3 is 9.47 Å². The maximum atomic E-state index is 5.81. The first-order chi connectivity index (χ1) is 8.92. The number of rotatable bonds is 4. The van der Waals surface area contributed by atoms with Gasteiger partial charge in [-0.15, -0.1) is 11.3 Å². The van der Waals surface area contributed by atoms with Crippen molar-refractivity contribution >= 4 is 21.4 Å². The predicted octanol–water partition coefficient (Wildman–Crippen LogP) is 2.61. The first kappa shape index (κ1) is 12.0. The number of morpholine rings is 1. The molecule has 2 heterocycles. The molecule has 4 heteroatoms. The molecule has 0 bridgehead atoms. The lowest BCUT2D eigenvalue weighted by Gasteiger charge is -2.26. The van der Waals surface area contributed by atoms with Crippen LogP contribution in [0.5, 0.6) is 5.75 Å². The molecule has 3 rings (SSSR count). The zero-order chi connectivity index (χ0) is 12.2. The van der Waals surface area contributed by atoms with Gasteiger partial charge in [-0.3, -0.25) is 4.90 Å². The number of hydrogen-bond donors (Lipinski definition) is 0. The maximum Gasteiger partial charge on any atom is 0.120 e. The first-order valence-electron chi connectivity index (χ1n) is 6.32. The fourth-order valence-electron chi connectivity index (χ4n) is 2.15. The molecule has 0 spiro atoms. The van der Waals surface area contributed by atoms with Gasteiger partial charge in [0, 0.05) is 24.3 Å². The summed E-state index contributed by atoms with van der Waals surface area (Å²) in [6.45, 7) is 5.46. The van der Waals surface area contributed by atoms with Gasteiger partial charge in [0.2, 0.25) is 0 Å². The van der Waals surface area contributed by atoms with Crippen molar-refractivity contribution in [3.8, 4) is 5.75 Å². The average molecular weight is 263 g/mol. The van der Waals surface area contributed by atoms with Gasteiger partial charge in [-0.1, -0.05) is 0 Å². The third-order valence-electron chi connectivity index (χ3n) is 3.20. The van der Waals surface area contributed by atoms with Crippen LogP contribution in [0, 0.1) is 0 Å². The highest BCUT2D eigenvalue weighted by Gasteiger charge is 2.09. The van der Waals surface area contributed by atoms with E-state index in [4.69, 9.17) is 9.47 Å². The fraction of sp³-hybridized carbons (Fsp3) is 0.429. The van der Waals surface area contributed by atoms with E-state index < -0.39 is 0 Å². The molecule has 3 nitrogen and oxygen atoms in total. The molecule has 2 aromatic rings. The van der Waals surface area contributed by atoms with E-state index in [1.165, 1.54) is 10.1 Å². The van der Waals surface area contributed by atoms with Crippen LogP contribution >= 0.6 is 11.3 Å². The van der Waals surface area contributed by atoms with Crippen LogP contribution in [0.25, 0.3) is 10.1 Å². The van der Waals surface area contributed by atoms with E-state index in [1.807, 2.05) is 0 Å². The van der Waals surface area contributed by atoms with Crippen LogP contribution in [-0.2, 0) is 4.74 Å². The SMILES string of the molecule is c1cc2cc(OCCN3CCOCC3)ccc2s1. The van der Waals surface area contributed by atoms with Crippen molar-refractivity contribution in [2.75, 3.05) is 39.5 Å². The Morgan fingerprint density at radius 3 is 3.00 bits per heavy atom. The average Bonchev–Trinajstić information content (AvgIpc) is 2.87. The van der Waals surface area contributed by atoms with Gasteiger partial charge in [0.15, 0.2) is 0 Å². The second kappa shape index (κ2) is 5.69. The van der Waals surface area contributed by atoms with Gasteiger partial charge in [-0.05, 0) is 35.0 Å². The van der Waals surface area contributed by atoms with Crippen molar-refractivity contribution in [3.63, 3.8) is 0 Å². The molecule has 0 N–H and O–H groups in total. The Balaban J connectivity index is 1.52. The molecule has 0 unspecified atom stereocenters. The van der Waals surface area contributed by atoms with E-state index in [2.05, 4.69) is 34.5 Å². The van der Waals surface area contributed by atoms with E-state index >= 15 is 0 Å². The highest BCUT2D eigenvalue weighted by molar-refractivity contribution is 7.17. The summed E-state index contributed by atoms with van der Waals surface area (Å²) < 4.78 is 12.4. The second-order valence-corrected chi connectivity index (χ2v) is 5.37. The first-order valence-corrected chi connectivity index (χ1v) is 7.20. The maximum absolute atomic E-state index is 5.81. The van der Waals surface area contributed by atoms with Gasteiger partial charge in [-0.25, -0.2) is 0 Å². The molecular formula is C14H17NO2S. The van der Waals surface area contributed by atoms with Crippen LogP contribution in [-0.4, -0.2) is 44.4 Å². The topological polar surface area (TPSA) is 21.7 Å². The number of ether oxygens (including phenoxy) is 2. The van der Waals surface area contributed by atoms with E-state index in [0.717, 1.165) is 45.2 Å². The molecule has 1 saturated heterocycles. The van der Waals surface area contributed by atoms with Crippen LogP contribution in [0.1, 0.15) is 0 Å². The summed E-state index contributed by atoms with van der Waals surface area (Å²) in [5.41, 5.74) is 0. The lowest BCUT2D eigenvalue weighted by Crippen LogP contribution is -2.38. The van der Waals surface area contributed by atoms with Crippen LogP contribution in [0.4, 0.5) is 0 Å². The molecule has 1 aromatic heterocycles. The quantitative estimate of drug-likeness (QED) is 0.846. The Bertz CT molecular complexity index is 505. The lowest BCUT2D eigenvalue weighted by molar-refractivity contribution is 0.0322. The van der Waals surface area contributed by atoms with E-state index in [0.29, 0.717) is 0 Å². The molecule has 0 radical (unpaired) electrons. The molecule has 0 saturated carbocycles.